The molecule has 1 aliphatic rings. The summed E-state index contributed by atoms with van der Waals surface area (Å²) >= 11 is 0. The Kier molecular flexibility index (Phi) is 2.68. The minimum Gasteiger partial charge on any atom is -0.314 e. The summed E-state index contributed by atoms with van der Waals surface area (Å²) in [6.45, 7) is 12.6. The third-order valence-electron chi connectivity index (χ3n) is 2.32. The molecule has 0 radical (unpaired) electrons. The molecule has 0 aromatic carbocycles. The standard InChI is InChI=1S/C9H18N2/c1-4-6-11-7-5-10-8-9(11,2)3/h4,10H,1,5-8H2,2-3H3. The van der Waals surface area contributed by atoms with Crippen LogP contribution in [0.3, 0.4) is 0 Å². The summed E-state index contributed by atoms with van der Waals surface area (Å²) in [7, 11) is 0. The molecule has 1 fully saturated rings. The van der Waals surface area contributed by atoms with E-state index in [1.807, 2.05) is 6.08 Å². The molecule has 0 aliphatic carbocycles. The second kappa shape index (κ2) is 3.37. The van der Waals surface area contributed by atoms with Crippen LogP contribution in [0.4, 0.5) is 0 Å². The Balaban J connectivity index is 2.52. The molecule has 0 bridgehead atoms. The van der Waals surface area contributed by atoms with Crippen molar-refractivity contribution in [1.29, 1.82) is 0 Å². The first-order chi connectivity index (χ1) is 5.17. The summed E-state index contributed by atoms with van der Waals surface area (Å²) in [6.07, 6.45) is 1.98. The predicted octanol–water partition coefficient (Wildman–Crippen LogP) is 0.856. The summed E-state index contributed by atoms with van der Waals surface area (Å²) in [4.78, 5) is 2.45. The van der Waals surface area contributed by atoms with E-state index in [1.54, 1.807) is 0 Å². The Morgan fingerprint density at radius 3 is 2.91 bits per heavy atom. The van der Waals surface area contributed by atoms with Crippen LogP contribution >= 0.6 is 0 Å². The number of rotatable bonds is 2. The van der Waals surface area contributed by atoms with Gasteiger partial charge in [-0.3, -0.25) is 4.90 Å². The zero-order valence-corrected chi connectivity index (χ0v) is 7.56. The van der Waals surface area contributed by atoms with E-state index in [0.29, 0.717) is 5.54 Å². The molecule has 2 nitrogen and oxygen atoms in total. The SMILES string of the molecule is C=CCN1CCNCC1(C)C. The smallest absolute Gasteiger partial charge is 0.0281 e. The van der Waals surface area contributed by atoms with E-state index >= 15 is 0 Å². The van der Waals surface area contributed by atoms with Gasteiger partial charge in [-0.25, -0.2) is 0 Å². The van der Waals surface area contributed by atoms with Crippen LogP contribution in [0.5, 0.6) is 0 Å². The van der Waals surface area contributed by atoms with Crippen molar-refractivity contribution in [3.05, 3.63) is 12.7 Å². The summed E-state index contributed by atoms with van der Waals surface area (Å²) < 4.78 is 0. The van der Waals surface area contributed by atoms with E-state index in [9.17, 15) is 0 Å². The van der Waals surface area contributed by atoms with Crippen molar-refractivity contribution in [3.63, 3.8) is 0 Å². The highest BCUT2D eigenvalue weighted by Gasteiger charge is 2.27. The van der Waals surface area contributed by atoms with Crippen LogP contribution in [0.2, 0.25) is 0 Å². The fraction of sp³-hybridized carbons (Fsp3) is 0.778. The van der Waals surface area contributed by atoms with Crippen LogP contribution in [0.1, 0.15) is 13.8 Å². The van der Waals surface area contributed by atoms with Crippen LogP contribution in [0.15, 0.2) is 12.7 Å². The summed E-state index contributed by atoms with van der Waals surface area (Å²) in [5, 5.41) is 3.39. The Bertz CT molecular complexity index is 140. The molecule has 0 spiro atoms. The third kappa shape index (κ3) is 2.04. The maximum atomic E-state index is 3.76. The van der Waals surface area contributed by atoms with Crippen molar-refractivity contribution >= 4 is 0 Å². The van der Waals surface area contributed by atoms with Crippen molar-refractivity contribution in [2.75, 3.05) is 26.2 Å². The Morgan fingerprint density at radius 2 is 2.36 bits per heavy atom. The molecule has 0 aromatic rings. The van der Waals surface area contributed by atoms with E-state index in [1.165, 1.54) is 0 Å². The number of nitrogens with zero attached hydrogens (tertiary/aromatic N) is 1. The van der Waals surface area contributed by atoms with Gasteiger partial charge in [0.15, 0.2) is 0 Å². The predicted molar refractivity (Wildman–Crippen MR) is 48.7 cm³/mol. The fourth-order valence-corrected chi connectivity index (χ4v) is 1.52. The van der Waals surface area contributed by atoms with E-state index < -0.39 is 0 Å². The highest BCUT2D eigenvalue weighted by molar-refractivity contribution is 4.91. The lowest BCUT2D eigenvalue weighted by atomic mass is 10.0. The van der Waals surface area contributed by atoms with Gasteiger partial charge in [0.1, 0.15) is 0 Å². The van der Waals surface area contributed by atoms with Crippen LogP contribution in [0.25, 0.3) is 0 Å². The molecule has 64 valence electrons. The van der Waals surface area contributed by atoms with E-state index in [-0.39, 0.29) is 0 Å². The van der Waals surface area contributed by atoms with Crippen LogP contribution < -0.4 is 5.32 Å². The number of hydrogen-bond donors (Lipinski definition) is 1. The van der Waals surface area contributed by atoms with Gasteiger partial charge in [0.2, 0.25) is 0 Å². The molecule has 1 saturated heterocycles. The molecule has 1 N–H and O–H groups in total. The summed E-state index contributed by atoms with van der Waals surface area (Å²) in [5.74, 6) is 0. The highest BCUT2D eigenvalue weighted by atomic mass is 15.2. The molecular weight excluding hydrogens is 136 g/mol. The summed E-state index contributed by atoms with van der Waals surface area (Å²) in [6, 6.07) is 0. The van der Waals surface area contributed by atoms with Gasteiger partial charge < -0.3 is 5.32 Å². The van der Waals surface area contributed by atoms with E-state index in [2.05, 4.69) is 30.6 Å². The van der Waals surface area contributed by atoms with Crippen molar-refractivity contribution in [1.82, 2.24) is 10.2 Å². The van der Waals surface area contributed by atoms with Crippen molar-refractivity contribution in [2.24, 2.45) is 0 Å². The van der Waals surface area contributed by atoms with Gasteiger partial charge in [-0.1, -0.05) is 6.08 Å². The monoisotopic (exact) mass is 154 g/mol. The number of nitrogens with one attached hydrogen (secondary N) is 1. The molecule has 2 heteroatoms. The van der Waals surface area contributed by atoms with Crippen molar-refractivity contribution in [3.8, 4) is 0 Å². The van der Waals surface area contributed by atoms with E-state index in [4.69, 9.17) is 0 Å². The zero-order valence-electron chi connectivity index (χ0n) is 7.56. The van der Waals surface area contributed by atoms with Crippen molar-refractivity contribution in [2.45, 2.75) is 19.4 Å². The van der Waals surface area contributed by atoms with Gasteiger partial charge in [-0.05, 0) is 13.8 Å². The van der Waals surface area contributed by atoms with Gasteiger partial charge >= 0.3 is 0 Å². The quantitative estimate of drug-likeness (QED) is 0.593. The largest absolute Gasteiger partial charge is 0.314 e. The lowest BCUT2D eigenvalue weighted by Gasteiger charge is -2.42. The Hall–Kier alpha value is -0.340. The van der Waals surface area contributed by atoms with Gasteiger partial charge in [0.25, 0.3) is 0 Å². The second-order valence-electron chi connectivity index (χ2n) is 3.72. The molecule has 1 heterocycles. The molecule has 11 heavy (non-hydrogen) atoms. The van der Waals surface area contributed by atoms with Crippen LogP contribution in [0, 0.1) is 0 Å². The molecule has 0 aromatic heterocycles. The molecule has 0 saturated carbocycles. The van der Waals surface area contributed by atoms with Crippen molar-refractivity contribution < 1.29 is 0 Å². The third-order valence-corrected chi connectivity index (χ3v) is 2.32. The maximum absolute atomic E-state index is 3.76. The topological polar surface area (TPSA) is 15.3 Å². The minimum absolute atomic E-state index is 0.298. The average molecular weight is 154 g/mol. The maximum Gasteiger partial charge on any atom is 0.0281 e. The zero-order chi connectivity index (χ0) is 8.32. The summed E-state index contributed by atoms with van der Waals surface area (Å²) in [5.41, 5.74) is 0.298. The molecule has 1 aliphatic heterocycles. The first-order valence-electron chi connectivity index (χ1n) is 4.23. The lowest BCUT2D eigenvalue weighted by molar-refractivity contribution is 0.105. The lowest BCUT2D eigenvalue weighted by Crippen LogP contribution is -2.57. The highest BCUT2D eigenvalue weighted by Crippen LogP contribution is 2.15. The first kappa shape index (κ1) is 8.75. The Labute approximate surface area is 69.3 Å². The molecular formula is C9H18N2. The molecule has 0 unspecified atom stereocenters. The van der Waals surface area contributed by atoms with Gasteiger partial charge in [0, 0.05) is 31.7 Å². The van der Waals surface area contributed by atoms with Gasteiger partial charge in [-0.15, -0.1) is 6.58 Å². The average Bonchev–Trinajstić information content (AvgIpc) is 1.94. The normalized spacial score (nSPS) is 24.9. The molecule has 0 amide bonds. The molecule has 1 rings (SSSR count). The van der Waals surface area contributed by atoms with Gasteiger partial charge in [-0.2, -0.15) is 0 Å². The second-order valence-corrected chi connectivity index (χ2v) is 3.72. The fourth-order valence-electron chi connectivity index (χ4n) is 1.52. The first-order valence-corrected chi connectivity index (χ1v) is 4.23. The molecule has 0 atom stereocenters. The van der Waals surface area contributed by atoms with Crippen LogP contribution in [-0.4, -0.2) is 36.6 Å². The minimum atomic E-state index is 0.298. The number of hydrogen-bond acceptors (Lipinski definition) is 2. The van der Waals surface area contributed by atoms with E-state index in [0.717, 1.165) is 26.2 Å². The Morgan fingerprint density at radius 1 is 1.64 bits per heavy atom. The number of piperazine rings is 1. The van der Waals surface area contributed by atoms with Crippen LogP contribution in [-0.2, 0) is 0 Å². The van der Waals surface area contributed by atoms with Gasteiger partial charge in [0.05, 0.1) is 0 Å².